The number of carbonyl (C=O) groups excluding carboxylic acids is 1. The molecule has 0 aliphatic heterocycles. The van der Waals surface area contributed by atoms with E-state index in [0.29, 0.717) is 0 Å². The molecule has 0 saturated heterocycles. The van der Waals surface area contributed by atoms with Crippen molar-refractivity contribution < 1.29 is 22.7 Å². The van der Waals surface area contributed by atoms with E-state index in [9.17, 15) is 18.0 Å². The fraction of sp³-hybridized carbons (Fsp3) is 0.364. The van der Waals surface area contributed by atoms with Crippen molar-refractivity contribution in [2.75, 3.05) is 11.9 Å². The molecule has 1 atom stereocenters. The van der Waals surface area contributed by atoms with E-state index in [-0.39, 0.29) is 24.6 Å². The van der Waals surface area contributed by atoms with Gasteiger partial charge in [-0.25, -0.2) is 0 Å². The van der Waals surface area contributed by atoms with Crippen LogP contribution in [0.2, 0.25) is 0 Å². The lowest BCUT2D eigenvalue weighted by atomic mass is 10.1. The minimum atomic E-state index is -4.81. The van der Waals surface area contributed by atoms with Crippen LogP contribution in [0.3, 0.4) is 0 Å². The molecule has 8 heteroatoms. The van der Waals surface area contributed by atoms with E-state index in [2.05, 4.69) is 10.1 Å². The zero-order chi connectivity index (χ0) is 13.8. The Balaban J connectivity index is 0.00000324. The first kappa shape index (κ1) is 17.5. The molecule has 0 saturated carbocycles. The molecular weight excluding hydrogens is 285 g/mol. The zero-order valence-corrected chi connectivity index (χ0v) is 10.8. The van der Waals surface area contributed by atoms with E-state index < -0.39 is 23.9 Å². The number of ether oxygens (including phenoxy) is 1. The summed E-state index contributed by atoms with van der Waals surface area (Å²) in [6, 6.07) is 5.31. The number of para-hydroxylation sites is 2. The van der Waals surface area contributed by atoms with E-state index in [1.165, 1.54) is 18.2 Å². The Morgan fingerprint density at radius 3 is 2.53 bits per heavy atom. The van der Waals surface area contributed by atoms with Gasteiger partial charge in [0.1, 0.15) is 0 Å². The van der Waals surface area contributed by atoms with Crippen LogP contribution >= 0.6 is 12.4 Å². The van der Waals surface area contributed by atoms with Crippen molar-refractivity contribution >= 4 is 24.0 Å². The fourth-order valence-corrected chi connectivity index (χ4v) is 1.15. The second-order valence-corrected chi connectivity index (χ2v) is 3.67. The molecule has 1 unspecified atom stereocenters. The van der Waals surface area contributed by atoms with Crippen molar-refractivity contribution in [2.45, 2.75) is 13.3 Å². The molecule has 108 valence electrons. The summed E-state index contributed by atoms with van der Waals surface area (Å²) in [5, 5.41) is 2.34. The van der Waals surface area contributed by atoms with E-state index in [4.69, 9.17) is 5.73 Å². The Labute approximate surface area is 114 Å². The maximum Gasteiger partial charge on any atom is 0.573 e. The number of carbonyl (C=O) groups is 1. The van der Waals surface area contributed by atoms with Gasteiger partial charge in [-0.05, 0) is 12.1 Å². The van der Waals surface area contributed by atoms with Gasteiger partial charge in [-0.1, -0.05) is 19.1 Å². The van der Waals surface area contributed by atoms with E-state index in [0.717, 1.165) is 6.07 Å². The van der Waals surface area contributed by atoms with Gasteiger partial charge in [0.25, 0.3) is 0 Å². The quantitative estimate of drug-likeness (QED) is 0.898. The predicted molar refractivity (Wildman–Crippen MR) is 67.2 cm³/mol. The molecule has 0 aliphatic carbocycles. The maximum absolute atomic E-state index is 12.1. The molecule has 4 nitrogen and oxygen atoms in total. The molecule has 0 heterocycles. The molecule has 0 bridgehead atoms. The van der Waals surface area contributed by atoms with Gasteiger partial charge in [-0.3, -0.25) is 4.79 Å². The van der Waals surface area contributed by atoms with Gasteiger partial charge in [0.15, 0.2) is 5.75 Å². The van der Waals surface area contributed by atoms with Crippen LogP contribution in [0, 0.1) is 5.92 Å². The fourth-order valence-electron chi connectivity index (χ4n) is 1.15. The Morgan fingerprint density at radius 1 is 1.42 bits per heavy atom. The number of amides is 1. The SMILES string of the molecule is CC(CN)C(=O)Nc1ccccc1OC(F)(F)F.Cl. The number of alkyl halides is 3. The Morgan fingerprint density at radius 2 is 2.00 bits per heavy atom. The van der Waals surface area contributed by atoms with Crippen LogP contribution < -0.4 is 15.8 Å². The first-order valence-electron chi connectivity index (χ1n) is 5.19. The molecule has 19 heavy (non-hydrogen) atoms. The predicted octanol–water partition coefficient (Wildman–Crippen LogP) is 2.54. The molecule has 1 amide bonds. The van der Waals surface area contributed by atoms with Crippen molar-refractivity contribution in [1.29, 1.82) is 0 Å². The Hall–Kier alpha value is -1.47. The van der Waals surface area contributed by atoms with Crippen molar-refractivity contribution in [1.82, 2.24) is 0 Å². The average molecular weight is 299 g/mol. The smallest absolute Gasteiger partial charge is 0.404 e. The average Bonchev–Trinajstić information content (AvgIpc) is 2.28. The number of hydrogen-bond acceptors (Lipinski definition) is 3. The number of rotatable bonds is 4. The van der Waals surface area contributed by atoms with Crippen LogP contribution in [0.15, 0.2) is 24.3 Å². The summed E-state index contributed by atoms with van der Waals surface area (Å²) in [6.07, 6.45) is -4.81. The largest absolute Gasteiger partial charge is 0.573 e. The standard InChI is InChI=1S/C11H13F3N2O2.ClH/c1-7(6-15)10(17)16-8-4-2-3-5-9(8)18-11(12,13)14;/h2-5,7H,6,15H2,1H3,(H,16,17);1H. The van der Waals surface area contributed by atoms with Gasteiger partial charge >= 0.3 is 6.36 Å². The molecule has 1 rings (SSSR count). The van der Waals surface area contributed by atoms with Gasteiger partial charge in [0.2, 0.25) is 5.91 Å². The molecule has 0 aliphatic rings. The number of nitrogens with one attached hydrogen (secondary N) is 1. The molecule has 1 aromatic rings. The van der Waals surface area contributed by atoms with Crippen LogP contribution in [0.5, 0.6) is 5.75 Å². The molecular formula is C11H14ClF3N2O2. The highest BCUT2D eigenvalue weighted by Crippen LogP contribution is 2.30. The molecule has 0 fully saturated rings. The number of nitrogens with two attached hydrogens (primary N) is 1. The highest BCUT2D eigenvalue weighted by molar-refractivity contribution is 5.93. The summed E-state index contributed by atoms with van der Waals surface area (Å²) in [6.45, 7) is 1.68. The minimum absolute atomic E-state index is 0. The van der Waals surface area contributed by atoms with E-state index in [1.54, 1.807) is 6.92 Å². The van der Waals surface area contributed by atoms with Gasteiger partial charge in [-0.2, -0.15) is 0 Å². The number of halogens is 4. The topological polar surface area (TPSA) is 64.4 Å². The first-order chi connectivity index (χ1) is 8.33. The zero-order valence-electron chi connectivity index (χ0n) is 10.0. The maximum atomic E-state index is 12.1. The summed E-state index contributed by atoms with van der Waals surface area (Å²) >= 11 is 0. The highest BCUT2D eigenvalue weighted by Gasteiger charge is 2.32. The minimum Gasteiger partial charge on any atom is -0.404 e. The molecule has 0 radical (unpaired) electrons. The summed E-state index contributed by atoms with van der Waals surface area (Å²) in [5.74, 6) is -1.41. The summed E-state index contributed by atoms with van der Waals surface area (Å²) < 4.78 is 40.2. The molecule has 0 aromatic heterocycles. The normalized spacial score (nSPS) is 12.3. The monoisotopic (exact) mass is 298 g/mol. The Kier molecular flexibility index (Phi) is 6.64. The third-order valence-corrected chi connectivity index (χ3v) is 2.17. The van der Waals surface area contributed by atoms with Crippen molar-refractivity contribution in [3.8, 4) is 5.75 Å². The van der Waals surface area contributed by atoms with E-state index >= 15 is 0 Å². The molecule has 1 aromatic carbocycles. The van der Waals surface area contributed by atoms with Crippen LogP contribution in [0.4, 0.5) is 18.9 Å². The van der Waals surface area contributed by atoms with E-state index in [1.807, 2.05) is 0 Å². The van der Waals surface area contributed by atoms with Gasteiger partial charge in [0.05, 0.1) is 5.69 Å². The lowest BCUT2D eigenvalue weighted by Gasteiger charge is -2.15. The third kappa shape index (κ3) is 5.80. The molecule has 0 spiro atoms. The second kappa shape index (κ2) is 7.20. The van der Waals surface area contributed by atoms with Crippen LogP contribution in [0.1, 0.15) is 6.92 Å². The Bertz CT molecular complexity index is 427. The first-order valence-corrected chi connectivity index (χ1v) is 5.19. The van der Waals surface area contributed by atoms with Gasteiger partial charge in [-0.15, -0.1) is 25.6 Å². The summed E-state index contributed by atoms with van der Waals surface area (Å²) in [4.78, 5) is 11.5. The van der Waals surface area contributed by atoms with Crippen molar-refractivity contribution in [3.05, 3.63) is 24.3 Å². The number of hydrogen-bond donors (Lipinski definition) is 2. The highest BCUT2D eigenvalue weighted by atomic mass is 35.5. The number of benzene rings is 1. The van der Waals surface area contributed by atoms with Crippen LogP contribution in [-0.4, -0.2) is 18.8 Å². The lowest BCUT2D eigenvalue weighted by Crippen LogP contribution is -2.27. The van der Waals surface area contributed by atoms with Crippen molar-refractivity contribution in [2.24, 2.45) is 11.7 Å². The van der Waals surface area contributed by atoms with Gasteiger partial charge < -0.3 is 15.8 Å². The third-order valence-electron chi connectivity index (χ3n) is 2.17. The number of anilines is 1. The molecule has 3 N–H and O–H groups in total. The summed E-state index contributed by atoms with van der Waals surface area (Å²) in [5.41, 5.74) is 5.25. The lowest BCUT2D eigenvalue weighted by molar-refractivity contribution is -0.274. The van der Waals surface area contributed by atoms with Gasteiger partial charge in [0, 0.05) is 12.5 Å². The van der Waals surface area contributed by atoms with Crippen LogP contribution in [-0.2, 0) is 4.79 Å². The van der Waals surface area contributed by atoms with Crippen molar-refractivity contribution in [3.63, 3.8) is 0 Å². The van der Waals surface area contributed by atoms with Crippen LogP contribution in [0.25, 0.3) is 0 Å². The second-order valence-electron chi connectivity index (χ2n) is 3.67. The summed E-state index contributed by atoms with van der Waals surface area (Å²) in [7, 11) is 0.